The van der Waals surface area contributed by atoms with Crippen molar-refractivity contribution in [3.8, 4) is 5.75 Å². The molecule has 2 rings (SSSR count). The van der Waals surface area contributed by atoms with Crippen LogP contribution in [0, 0.1) is 0 Å². The normalized spacial score (nSPS) is 17.6. The van der Waals surface area contributed by atoms with Crippen LogP contribution >= 0.6 is 0 Å². The summed E-state index contributed by atoms with van der Waals surface area (Å²) in [7, 11) is 3.83. The molecule has 1 aliphatic rings. The predicted octanol–water partition coefficient (Wildman–Crippen LogP) is 2.71. The second kappa shape index (κ2) is 8.36. The molecule has 0 saturated heterocycles. The van der Waals surface area contributed by atoms with Gasteiger partial charge in [0.15, 0.2) is 11.5 Å². The molecular weight excluding hydrogens is 332 g/mol. The highest BCUT2D eigenvalue weighted by Crippen LogP contribution is 2.38. The number of carbonyl (C=O) groups is 2. The molecule has 1 atom stereocenters. The number of ether oxygens (including phenoxy) is 1. The zero-order valence-corrected chi connectivity index (χ0v) is 16.2. The number of ketones is 1. The lowest BCUT2D eigenvalue weighted by molar-refractivity contribution is -0.129. The molecule has 0 bridgehead atoms. The molecule has 0 aliphatic carbocycles. The molecule has 1 N–H and O–H groups in total. The molecule has 1 heterocycles. The van der Waals surface area contributed by atoms with Crippen molar-refractivity contribution in [1.29, 1.82) is 0 Å². The Hall–Kier alpha value is -2.34. The lowest BCUT2D eigenvalue weighted by atomic mass is 9.95. The van der Waals surface area contributed by atoms with Gasteiger partial charge in [0.05, 0.1) is 17.7 Å². The van der Waals surface area contributed by atoms with Crippen molar-refractivity contribution in [3.63, 3.8) is 0 Å². The van der Waals surface area contributed by atoms with E-state index in [0.29, 0.717) is 13.1 Å². The maximum absolute atomic E-state index is 12.6. The largest absolute Gasteiger partial charge is 0.503 e. The third-order valence-electron chi connectivity index (χ3n) is 4.28. The molecule has 1 unspecified atom stereocenters. The van der Waals surface area contributed by atoms with Gasteiger partial charge in [-0.25, -0.2) is 0 Å². The quantitative estimate of drug-likeness (QED) is 0.772. The Labute approximate surface area is 155 Å². The van der Waals surface area contributed by atoms with Gasteiger partial charge in [-0.2, -0.15) is 0 Å². The summed E-state index contributed by atoms with van der Waals surface area (Å²) >= 11 is 0. The van der Waals surface area contributed by atoms with E-state index >= 15 is 0 Å². The maximum atomic E-state index is 12.6. The molecule has 1 aliphatic heterocycles. The second-order valence-corrected chi connectivity index (χ2v) is 6.98. The minimum atomic E-state index is -0.567. The monoisotopic (exact) mass is 360 g/mol. The molecule has 0 fully saturated rings. The third kappa shape index (κ3) is 4.25. The van der Waals surface area contributed by atoms with E-state index in [4.69, 9.17) is 4.74 Å². The summed E-state index contributed by atoms with van der Waals surface area (Å²) in [6.45, 7) is 6.69. The van der Waals surface area contributed by atoms with Crippen LogP contribution < -0.4 is 4.74 Å². The first-order chi connectivity index (χ1) is 12.3. The highest BCUT2D eigenvalue weighted by molar-refractivity contribution is 6.08. The van der Waals surface area contributed by atoms with Gasteiger partial charge < -0.3 is 19.6 Å². The molecule has 1 aromatic carbocycles. The van der Waals surface area contributed by atoms with E-state index in [2.05, 4.69) is 0 Å². The lowest BCUT2D eigenvalue weighted by Crippen LogP contribution is -2.36. The van der Waals surface area contributed by atoms with E-state index in [1.54, 1.807) is 11.8 Å². The van der Waals surface area contributed by atoms with Gasteiger partial charge in [-0.1, -0.05) is 19.1 Å². The van der Waals surface area contributed by atoms with Crippen molar-refractivity contribution in [3.05, 3.63) is 41.2 Å². The standard InChI is InChI=1S/C20H28N2O4/c1-6-16(23)17-18(14-7-9-15(10-8-14)26-13(2)3)22(12-11-21(4)5)20(25)19(17)24/h7-10,13,18,24H,6,11-12H2,1-5H3. The number of aliphatic hydroxyl groups excluding tert-OH is 1. The minimum absolute atomic E-state index is 0.0617. The zero-order valence-electron chi connectivity index (χ0n) is 16.2. The fraction of sp³-hybridized carbons (Fsp3) is 0.500. The van der Waals surface area contributed by atoms with Crippen LogP contribution in [-0.4, -0.2) is 59.9 Å². The summed E-state index contributed by atoms with van der Waals surface area (Å²) < 4.78 is 5.66. The van der Waals surface area contributed by atoms with Gasteiger partial charge in [0.25, 0.3) is 5.91 Å². The van der Waals surface area contributed by atoms with E-state index in [1.165, 1.54) is 0 Å². The lowest BCUT2D eigenvalue weighted by Gasteiger charge is -2.28. The number of hydrogen-bond acceptors (Lipinski definition) is 5. The summed E-state index contributed by atoms with van der Waals surface area (Å²) in [5.74, 6) is -0.403. The van der Waals surface area contributed by atoms with Crippen LogP contribution in [0.3, 0.4) is 0 Å². The zero-order chi connectivity index (χ0) is 19.4. The molecule has 142 valence electrons. The van der Waals surface area contributed by atoms with Crippen LogP contribution in [0.15, 0.2) is 35.6 Å². The van der Waals surface area contributed by atoms with Crippen molar-refractivity contribution in [1.82, 2.24) is 9.80 Å². The summed E-state index contributed by atoms with van der Waals surface area (Å²) in [6.07, 6.45) is 0.297. The van der Waals surface area contributed by atoms with Gasteiger partial charge in [0.1, 0.15) is 5.75 Å². The molecule has 6 nitrogen and oxygen atoms in total. The molecule has 1 amide bonds. The third-order valence-corrected chi connectivity index (χ3v) is 4.28. The number of Topliss-reactive ketones (excluding diaryl/α,β-unsaturated/α-hetero) is 1. The molecule has 0 radical (unpaired) electrons. The van der Waals surface area contributed by atoms with Crippen LogP contribution in [0.5, 0.6) is 5.75 Å². The van der Waals surface area contributed by atoms with Crippen LogP contribution in [0.1, 0.15) is 38.8 Å². The molecule has 26 heavy (non-hydrogen) atoms. The summed E-state index contributed by atoms with van der Waals surface area (Å²) in [4.78, 5) is 28.5. The predicted molar refractivity (Wildman–Crippen MR) is 100 cm³/mol. The van der Waals surface area contributed by atoms with Gasteiger partial charge in [-0.05, 0) is 45.6 Å². The van der Waals surface area contributed by atoms with E-state index < -0.39 is 17.7 Å². The van der Waals surface area contributed by atoms with Gasteiger partial charge in [-0.3, -0.25) is 9.59 Å². The van der Waals surface area contributed by atoms with Crippen LogP contribution in [0.4, 0.5) is 0 Å². The van der Waals surface area contributed by atoms with Crippen molar-refractivity contribution in [2.75, 3.05) is 27.2 Å². The van der Waals surface area contributed by atoms with Gasteiger partial charge >= 0.3 is 0 Å². The van der Waals surface area contributed by atoms with E-state index in [9.17, 15) is 14.7 Å². The highest BCUT2D eigenvalue weighted by atomic mass is 16.5. The number of rotatable bonds is 8. The van der Waals surface area contributed by atoms with Gasteiger partial charge in [-0.15, -0.1) is 0 Å². The first-order valence-corrected chi connectivity index (χ1v) is 8.94. The first kappa shape index (κ1) is 20.0. The maximum Gasteiger partial charge on any atom is 0.290 e. The molecule has 1 aromatic rings. The average molecular weight is 360 g/mol. The van der Waals surface area contributed by atoms with Crippen molar-refractivity contribution < 1.29 is 19.4 Å². The number of carbonyl (C=O) groups excluding carboxylic acids is 2. The van der Waals surface area contributed by atoms with Gasteiger partial charge in [0, 0.05) is 19.5 Å². The van der Waals surface area contributed by atoms with Crippen molar-refractivity contribution in [2.24, 2.45) is 0 Å². The Bertz CT molecular complexity index is 692. The Morgan fingerprint density at radius 2 is 1.88 bits per heavy atom. The van der Waals surface area contributed by atoms with E-state index in [0.717, 1.165) is 11.3 Å². The number of hydrogen-bond donors (Lipinski definition) is 1. The summed E-state index contributed by atoms with van der Waals surface area (Å²) in [5, 5.41) is 10.3. The molecule has 0 saturated carbocycles. The van der Waals surface area contributed by atoms with Crippen LogP contribution in [0.25, 0.3) is 0 Å². The highest BCUT2D eigenvalue weighted by Gasteiger charge is 2.42. The smallest absolute Gasteiger partial charge is 0.290 e. The SMILES string of the molecule is CCC(=O)C1=C(O)C(=O)N(CCN(C)C)C1c1ccc(OC(C)C)cc1. The summed E-state index contributed by atoms with van der Waals surface area (Å²) in [5.41, 5.74) is 0.975. The molecule has 0 spiro atoms. The Balaban J connectivity index is 2.39. The molecule has 6 heteroatoms. The second-order valence-electron chi connectivity index (χ2n) is 6.98. The first-order valence-electron chi connectivity index (χ1n) is 8.94. The topological polar surface area (TPSA) is 70.1 Å². The Morgan fingerprint density at radius 3 is 2.38 bits per heavy atom. The average Bonchev–Trinajstić information content (AvgIpc) is 2.84. The number of amides is 1. The number of aliphatic hydroxyl groups is 1. The summed E-state index contributed by atoms with van der Waals surface area (Å²) in [6, 6.07) is 6.78. The van der Waals surface area contributed by atoms with Crippen LogP contribution in [-0.2, 0) is 9.59 Å². The number of benzene rings is 1. The van der Waals surface area contributed by atoms with Crippen LogP contribution in [0.2, 0.25) is 0 Å². The van der Waals surface area contributed by atoms with Gasteiger partial charge in [0.2, 0.25) is 0 Å². The minimum Gasteiger partial charge on any atom is -0.503 e. The number of nitrogens with zero attached hydrogens (tertiary/aromatic N) is 2. The fourth-order valence-corrected chi connectivity index (χ4v) is 3.01. The van der Waals surface area contributed by atoms with Crippen molar-refractivity contribution >= 4 is 11.7 Å². The molecular formula is C20H28N2O4. The molecule has 0 aromatic heterocycles. The van der Waals surface area contributed by atoms with Crippen molar-refractivity contribution in [2.45, 2.75) is 39.3 Å². The Morgan fingerprint density at radius 1 is 1.27 bits per heavy atom. The fourth-order valence-electron chi connectivity index (χ4n) is 3.01. The Kier molecular flexibility index (Phi) is 6.42. The number of likely N-dealkylation sites (N-methyl/N-ethyl adjacent to an activating group) is 1. The van der Waals surface area contributed by atoms with E-state index in [-0.39, 0.29) is 23.9 Å². The van der Waals surface area contributed by atoms with E-state index in [1.807, 2.05) is 57.1 Å².